The van der Waals surface area contributed by atoms with Gasteiger partial charge in [0.1, 0.15) is 0 Å². The van der Waals surface area contributed by atoms with Crippen LogP contribution in [0.3, 0.4) is 0 Å². The Kier molecular flexibility index (Phi) is 9.76. The van der Waals surface area contributed by atoms with Crippen LogP contribution in [0.5, 0.6) is 0 Å². The van der Waals surface area contributed by atoms with Gasteiger partial charge in [0.15, 0.2) is 6.29 Å². The zero-order valence-electron chi connectivity index (χ0n) is 20.0. The number of aryl methyl sites for hydroxylation is 1. The Hall–Kier alpha value is -0.610. The summed E-state index contributed by atoms with van der Waals surface area (Å²) >= 11 is 6.01. The average molecular weight is 463 g/mol. The molecule has 0 amide bonds. The Morgan fingerprint density at radius 3 is 2.00 bits per heavy atom. The van der Waals surface area contributed by atoms with Gasteiger partial charge < -0.3 is 14.2 Å². The van der Waals surface area contributed by atoms with E-state index in [1.165, 1.54) is 69.8 Å². The summed E-state index contributed by atoms with van der Waals surface area (Å²) in [5, 5.41) is 0.840. The van der Waals surface area contributed by atoms with Crippen LogP contribution in [0.4, 0.5) is 0 Å². The molecule has 1 aromatic carbocycles. The van der Waals surface area contributed by atoms with Gasteiger partial charge in [0.25, 0.3) is 0 Å². The molecule has 180 valence electrons. The zero-order chi connectivity index (χ0) is 22.2. The Bertz CT molecular complexity index is 639. The molecule has 2 aliphatic carbocycles. The summed E-state index contributed by atoms with van der Waals surface area (Å²) in [6.45, 7) is 2.58. The van der Waals surface area contributed by atoms with E-state index in [1.807, 2.05) is 12.1 Å². The SMILES string of the molecule is COCCCC1COC(C2CCC(C3CCC(CCc4ccc(Cl)cc4)CC3)CC2)OC1. The van der Waals surface area contributed by atoms with Crippen LogP contribution in [0.2, 0.25) is 5.02 Å². The highest BCUT2D eigenvalue weighted by molar-refractivity contribution is 6.30. The molecule has 0 bridgehead atoms. The molecule has 0 unspecified atom stereocenters. The highest BCUT2D eigenvalue weighted by atomic mass is 35.5. The van der Waals surface area contributed by atoms with Crippen molar-refractivity contribution < 1.29 is 14.2 Å². The number of ether oxygens (including phenoxy) is 3. The second kappa shape index (κ2) is 12.7. The van der Waals surface area contributed by atoms with E-state index in [2.05, 4.69) is 12.1 Å². The van der Waals surface area contributed by atoms with Gasteiger partial charge >= 0.3 is 0 Å². The first-order chi connectivity index (χ1) is 15.7. The van der Waals surface area contributed by atoms with Crippen LogP contribution in [-0.2, 0) is 20.6 Å². The summed E-state index contributed by atoms with van der Waals surface area (Å²) in [5.41, 5.74) is 1.43. The van der Waals surface area contributed by atoms with E-state index in [0.717, 1.165) is 55.4 Å². The van der Waals surface area contributed by atoms with Crippen molar-refractivity contribution in [1.29, 1.82) is 0 Å². The molecule has 4 heteroatoms. The van der Waals surface area contributed by atoms with Gasteiger partial charge in [-0.25, -0.2) is 0 Å². The monoisotopic (exact) mass is 462 g/mol. The number of hydrogen-bond acceptors (Lipinski definition) is 3. The minimum absolute atomic E-state index is 0.0539. The maximum absolute atomic E-state index is 6.16. The topological polar surface area (TPSA) is 27.7 Å². The largest absolute Gasteiger partial charge is 0.385 e. The van der Waals surface area contributed by atoms with Gasteiger partial charge in [0.2, 0.25) is 0 Å². The number of rotatable bonds is 9. The van der Waals surface area contributed by atoms with Crippen molar-refractivity contribution in [2.24, 2.45) is 29.6 Å². The molecule has 1 aliphatic heterocycles. The van der Waals surface area contributed by atoms with Gasteiger partial charge in [-0.3, -0.25) is 0 Å². The van der Waals surface area contributed by atoms with Crippen LogP contribution in [-0.4, -0.2) is 33.2 Å². The fourth-order valence-electron chi connectivity index (χ4n) is 6.37. The maximum Gasteiger partial charge on any atom is 0.160 e. The maximum atomic E-state index is 6.16. The molecule has 3 fully saturated rings. The third-order valence-corrected chi connectivity index (χ3v) is 8.72. The molecule has 32 heavy (non-hydrogen) atoms. The van der Waals surface area contributed by atoms with E-state index in [-0.39, 0.29) is 6.29 Å². The van der Waals surface area contributed by atoms with Gasteiger partial charge in [0, 0.05) is 30.6 Å². The van der Waals surface area contributed by atoms with Crippen molar-refractivity contribution in [3.05, 3.63) is 34.9 Å². The molecule has 2 saturated carbocycles. The van der Waals surface area contributed by atoms with Gasteiger partial charge in [-0.05, 0) is 99.7 Å². The lowest BCUT2D eigenvalue weighted by Gasteiger charge is -2.41. The van der Waals surface area contributed by atoms with Crippen LogP contribution in [0, 0.1) is 29.6 Å². The molecule has 0 N–H and O–H groups in total. The lowest BCUT2D eigenvalue weighted by Crippen LogP contribution is -2.39. The van der Waals surface area contributed by atoms with Crippen molar-refractivity contribution in [1.82, 2.24) is 0 Å². The third kappa shape index (κ3) is 7.19. The first-order valence-electron chi connectivity index (χ1n) is 13.2. The van der Waals surface area contributed by atoms with E-state index in [0.29, 0.717) is 11.8 Å². The summed E-state index contributed by atoms with van der Waals surface area (Å²) in [7, 11) is 1.77. The quantitative estimate of drug-likeness (QED) is 0.360. The lowest BCUT2D eigenvalue weighted by atomic mass is 9.68. The molecule has 0 aromatic heterocycles. The number of methoxy groups -OCH3 is 1. The van der Waals surface area contributed by atoms with Crippen molar-refractivity contribution in [3.8, 4) is 0 Å². The summed E-state index contributed by atoms with van der Waals surface area (Å²) in [6, 6.07) is 8.42. The molecule has 1 saturated heterocycles. The zero-order valence-corrected chi connectivity index (χ0v) is 20.7. The second-order valence-corrected chi connectivity index (χ2v) is 11.1. The molecular formula is C28H43ClO3. The molecule has 3 nitrogen and oxygen atoms in total. The van der Waals surface area contributed by atoms with E-state index in [9.17, 15) is 0 Å². The number of hydrogen-bond donors (Lipinski definition) is 0. The van der Waals surface area contributed by atoms with Crippen molar-refractivity contribution >= 4 is 11.6 Å². The van der Waals surface area contributed by atoms with E-state index < -0.39 is 0 Å². The molecule has 0 radical (unpaired) electrons. The van der Waals surface area contributed by atoms with Gasteiger partial charge in [0.05, 0.1) is 13.2 Å². The summed E-state index contributed by atoms with van der Waals surface area (Å²) in [4.78, 5) is 0. The van der Waals surface area contributed by atoms with Gasteiger partial charge in [-0.1, -0.05) is 36.6 Å². The first kappa shape index (κ1) is 24.5. The number of halogens is 1. The Balaban J connectivity index is 1.10. The Labute approximate surface area is 200 Å². The summed E-state index contributed by atoms with van der Waals surface area (Å²) < 4.78 is 17.5. The van der Waals surface area contributed by atoms with Crippen LogP contribution >= 0.6 is 11.6 Å². The lowest BCUT2D eigenvalue weighted by molar-refractivity contribution is -0.230. The van der Waals surface area contributed by atoms with Gasteiger partial charge in [-0.15, -0.1) is 0 Å². The predicted octanol–water partition coefficient (Wildman–Crippen LogP) is 7.30. The second-order valence-electron chi connectivity index (χ2n) is 10.7. The van der Waals surface area contributed by atoms with Crippen LogP contribution in [0.15, 0.2) is 24.3 Å². The average Bonchev–Trinajstić information content (AvgIpc) is 2.85. The minimum Gasteiger partial charge on any atom is -0.385 e. The molecule has 0 spiro atoms. The highest BCUT2D eigenvalue weighted by Crippen LogP contribution is 2.43. The smallest absolute Gasteiger partial charge is 0.160 e. The third-order valence-electron chi connectivity index (χ3n) is 8.47. The molecule has 0 atom stereocenters. The first-order valence-corrected chi connectivity index (χ1v) is 13.6. The van der Waals surface area contributed by atoms with Crippen molar-refractivity contribution in [2.75, 3.05) is 26.9 Å². The molecule has 3 aliphatic rings. The van der Waals surface area contributed by atoms with Crippen molar-refractivity contribution in [3.63, 3.8) is 0 Å². The standard InChI is InChI=1S/C28H43ClO3/c1-30-18-2-3-23-19-31-28(32-20-23)26-14-12-25(13-15-26)24-10-6-21(7-11-24)4-5-22-8-16-27(29)17-9-22/h8-9,16-17,21,23-26,28H,2-7,10-15,18-20H2,1H3. The minimum atomic E-state index is 0.0539. The van der Waals surface area contributed by atoms with Crippen molar-refractivity contribution in [2.45, 2.75) is 83.3 Å². The molecule has 4 rings (SSSR count). The van der Waals surface area contributed by atoms with E-state index in [1.54, 1.807) is 7.11 Å². The Morgan fingerprint density at radius 1 is 0.781 bits per heavy atom. The fourth-order valence-corrected chi connectivity index (χ4v) is 6.50. The normalized spacial score (nSPS) is 33.8. The molecule has 1 heterocycles. The van der Waals surface area contributed by atoms with Crippen LogP contribution in [0.25, 0.3) is 0 Å². The van der Waals surface area contributed by atoms with Gasteiger partial charge in [-0.2, -0.15) is 0 Å². The van der Waals surface area contributed by atoms with Crippen LogP contribution < -0.4 is 0 Å². The summed E-state index contributed by atoms with van der Waals surface area (Å²) in [5.74, 6) is 3.98. The fraction of sp³-hybridized carbons (Fsp3) is 0.786. The van der Waals surface area contributed by atoms with E-state index >= 15 is 0 Å². The highest BCUT2D eigenvalue weighted by Gasteiger charge is 2.35. The number of benzene rings is 1. The van der Waals surface area contributed by atoms with E-state index in [4.69, 9.17) is 25.8 Å². The summed E-state index contributed by atoms with van der Waals surface area (Å²) in [6.07, 6.45) is 15.9. The van der Waals surface area contributed by atoms with Crippen LogP contribution in [0.1, 0.15) is 76.2 Å². The molecule has 1 aromatic rings. The Morgan fingerprint density at radius 2 is 1.38 bits per heavy atom. The molecular weight excluding hydrogens is 420 g/mol. The predicted molar refractivity (Wildman–Crippen MR) is 131 cm³/mol.